The molecule has 3 aliphatic rings. The summed E-state index contributed by atoms with van der Waals surface area (Å²) < 4.78 is 1.53. The molecule has 1 aliphatic carbocycles. The molecule has 4 aromatic carbocycles. The fourth-order valence-corrected chi connectivity index (χ4v) is 8.66. The minimum Gasteiger partial charge on any atom is -0.311 e. The summed E-state index contributed by atoms with van der Waals surface area (Å²) >= 11 is 2.09. The highest BCUT2D eigenvalue weighted by Gasteiger charge is 2.46. The molecule has 4 heteroatoms. The molecule has 1 unspecified atom stereocenters. The van der Waals surface area contributed by atoms with Gasteiger partial charge in [0.1, 0.15) is 0 Å². The Balaban J connectivity index is 1.51. The molecule has 1 atom stereocenters. The Morgan fingerprint density at radius 1 is 0.750 bits per heavy atom. The second-order valence-corrected chi connectivity index (χ2v) is 12.7. The van der Waals surface area contributed by atoms with Crippen LogP contribution in [0.3, 0.4) is 0 Å². The number of benzene rings is 4. The van der Waals surface area contributed by atoms with Gasteiger partial charge in [0.05, 0.1) is 5.69 Å². The molecular formula is C36H33BN2S. The van der Waals surface area contributed by atoms with Crippen LogP contribution in [0.4, 0.5) is 34.1 Å². The zero-order valence-electron chi connectivity index (χ0n) is 23.2. The molecule has 0 spiro atoms. The lowest BCUT2D eigenvalue weighted by Gasteiger charge is -2.44. The van der Waals surface area contributed by atoms with Crippen LogP contribution < -0.4 is 25.5 Å². The van der Waals surface area contributed by atoms with E-state index in [1.54, 1.807) is 10.4 Å². The third-order valence-electron chi connectivity index (χ3n) is 9.28. The van der Waals surface area contributed by atoms with Crippen molar-refractivity contribution in [3.8, 4) is 0 Å². The maximum atomic E-state index is 2.63. The van der Waals surface area contributed by atoms with Crippen molar-refractivity contribution in [3.63, 3.8) is 0 Å². The molecule has 40 heavy (non-hydrogen) atoms. The highest BCUT2D eigenvalue weighted by molar-refractivity contribution is 7.29. The van der Waals surface area contributed by atoms with Gasteiger partial charge in [0, 0.05) is 38.1 Å². The van der Waals surface area contributed by atoms with Gasteiger partial charge in [-0.3, -0.25) is 0 Å². The Kier molecular flexibility index (Phi) is 5.67. The van der Waals surface area contributed by atoms with Crippen molar-refractivity contribution < 1.29 is 0 Å². The fraction of sp³-hybridized carbons (Fsp3) is 0.222. The number of rotatable bonds is 4. The predicted octanol–water partition coefficient (Wildman–Crippen LogP) is 8.22. The largest absolute Gasteiger partial charge is 0.311 e. The van der Waals surface area contributed by atoms with E-state index in [0.29, 0.717) is 5.92 Å². The van der Waals surface area contributed by atoms with Gasteiger partial charge in [0.15, 0.2) is 0 Å². The lowest BCUT2D eigenvalue weighted by Crippen LogP contribution is -2.60. The summed E-state index contributed by atoms with van der Waals surface area (Å²) in [7, 11) is 0. The summed E-state index contributed by atoms with van der Waals surface area (Å²) in [6, 6.07) is 36.3. The smallest absolute Gasteiger partial charge is 0.264 e. The first-order chi connectivity index (χ1) is 19.7. The number of para-hydroxylation sites is 3. The van der Waals surface area contributed by atoms with E-state index >= 15 is 0 Å². The average Bonchev–Trinajstić information content (AvgIpc) is 3.40. The van der Waals surface area contributed by atoms with E-state index in [1.165, 1.54) is 81.1 Å². The van der Waals surface area contributed by atoms with Gasteiger partial charge in [-0.2, -0.15) is 11.3 Å². The molecule has 196 valence electrons. The van der Waals surface area contributed by atoms with Gasteiger partial charge in [-0.15, -0.1) is 0 Å². The number of fused-ring (bicyclic) bond motifs is 6. The zero-order chi connectivity index (χ0) is 26.8. The fourth-order valence-electron chi connectivity index (χ4n) is 7.16. The number of hydrogen-bond donors (Lipinski definition) is 0. The van der Waals surface area contributed by atoms with Crippen LogP contribution in [0.1, 0.15) is 55.0 Å². The highest BCUT2D eigenvalue weighted by atomic mass is 32.1. The van der Waals surface area contributed by atoms with E-state index < -0.39 is 0 Å². The second kappa shape index (κ2) is 9.42. The normalized spacial score (nSPS) is 15.7. The number of nitrogens with zero attached hydrogens (tertiary/aromatic N) is 2. The van der Waals surface area contributed by atoms with Gasteiger partial charge in [-0.1, -0.05) is 68.4 Å². The Bertz CT molecular complexity index is 1730. The molecule has 0 saturated carbocycles. The van der Waals surface area contributed by atoms with Crippen molar-refractivity contribution in [1.82, 2.24) is 0 Å². The minimum absolute atomic E-state index is 0.248. The van der Waals surface area contributed by atoms with E-state index in [9.17, 15) is 0 Å². The summed E-state index contributed by atoms with van der Waals surface area (Å²) in [6.07, 6.45) is 6.10. The summed E-state index contributed by atoms with van der Waals surface area (Å²) in [4.78, 5) is 6.77. The maximum absolute atomic E-state index is 2.63. The molecule has 0 amide bonds. The molecule has 0 radical (unpaired) electrons. The first-order valence-corrected chi connectivity index (χ1v) is 15.7. The molecule has 0 N–H and O–H groups in total. The van der Waals surface area contributed by atoms with E-state index in [4.69, 9.17) is 0 Å². The summed E-state index contributed by atoms with van der Waals surface area (Å²) in [5.74, 6) is 0.477. The Morgan fingerprint density at radius 2 is 1.38 bits per heavy atom. The van der Waals surface area contributed by atoms with Crippen LogP contribution in [0, 0.1) is 0 Å². The van der Waals surface area contributed by atoms with Crippen molar-refractivity contribution in [2.24, 2.45) is 0 Å². The lowest BCUT2D eigenvalue weighted by molar-refractivity contribution is 0.697. The van der Waals surface area contributed by atoms with Gasteiger partial charge in [-0.25, -0.2) is 0 Å². The van der Waals surface area contributed by atoms with E-state index in [1.807, 2.05) is 0 Å². The Morgan fingerprint density at radius 3 is 2.10 bits per heavy atom. The van der Waals surface area contributed by atoms with Crippen molar-refractivity contribution in [2.75, 3.05) is 9.80 Å². The second-order valence-electron chi connectivity index (χ2n) is 11.5. The summed E-state index contributed by atoms with van der Waals surface area (Å²) in [6.45, 7) is 4.94. The number of hydrogen-bond acceptors (Lipinski definition) is 3. The van der Waals surface area contributed by atoms with Gasteiger partial charge >= 0.3 is 0 Å². The molecular weight excluding hydrogens is 503 g/mol. The molecule has 0 fully saturated rings. The predicted molar refractivity (Wildman–Crippen MR) is 174 cm³/mol. The third-order valence-corrected chi connectivity index (χ3v) is 10.6. The lowest BCUT2D eigenvalue weighted by atomic mass is 9.36. The molecule has 0 saturated heterocycles. The number of aryl methyl sites for hydroxylation is 1. The molecule has 1 aromatic heterocycles. The summed E-state index contributed by atoms with van der Waals surface area (Å²) in [5.41, 5.74) is 13.8. The van der Waals surface area contributed by atoms with E-state index in [2.05, 4.69) is 132 Å². The van der Waals surface area contributed by atoms with E-state index in [-0.39, 0.29) is 6.71 Å². The SMILES string of the molecule is CCC(C)c1cc2c3c(c1)N(c1ccccc1)c1c(sc4c1CCCC4)B3c1ccccc1N2c1ccccc1. The molecule has 5 aromatic rings. The quantitative estimate of drug-likeness (QED) is 0.209. The average molecular weight is 537 g/mol. The molecule has 8 rings (SSSR count). The van der Waals surface area contributed by atoms with E-state index in [0.717, 1.165) is 6.42 Å². The standard InChI is InChI=1S/C36H33BN2S/c1-3-24(2)25-22-31-34-32(23-25)39(27-16-8-5-9-17-27)35-28-18-10-13-21-33(28)40-36(35)37(34)29-19-11-12-20-30(29)38(31)26-14-6-4-7-15-26/h4-9,11-12,14-17,19-20,22-24H,3,10,13,18,21H2,1-2H3. The van der Waals surface area contributed by atoms with Crippen LogP contribution in [-0.2, 0) is 12.8 Å². The van der Waals surface area contributed by atoms with Gasteiger partial charge < -0.3 is 9.80 Å². The molecule has 3 heterocycles. The zero-order valence-corrected chi connectivity index (χ0v) is 24.0. The van der Waals surface area contributed by atoms with Crippen molar-refractivity contribution in [2.45, 2.75) is 51.9 Å². The van der Waals surface area contributed by atoms with Crippen LogP contribution in [0.2, 0.25) is 0 Å². The van der Waals surface area contributed by atoms with Crippen molar-refractivity contribution in [1.29, 1.82) is 0 Å². The van der Waals surface area contributed by atoms with Crippen LogP contribution in [0.5, 0.6) is 0 Å². The van der Waals surface area contributed by atoms with Crippen LogP contribution in [0.25, 0.3) is 0 Å². The van der Waals surface area contributed by atoms with Gasteiger partial charge in [-0.05, 0) is 103 Å². The molecule has 0 bridgehead atoms. The van der Waals surface area contributed by atoms with Crippen LogP contribution in [-0.4, -0.2) is 6.71 Å². The first kappa shape index (κ1) is 24.1. The number of thiophene rings is 1. The third kappa shape index (κ3) is 3.48. The Labute approximate surface area is 242 Å². The minimum atomic E-state index is 0.248. The van der Waals surface area contributed by atoms with Crippen molar-refractivity contribution >= 4 is 67.9 Å². The maximum Gasteiger partial charge on any atom is 0.264 e. The van der Waals surface area contributed by atoms with Crippen LogP contribution in [0.15, 0.2) is 97.1 Å². The highest BCUT2D eigenvalue weighted by Crippen LogP contribution is 2.49. The topological polar surface area (TPSA) is 6.48 Å². The monoisotopic (exact) mass is 536 g/mol. The van der Waals surface area contributed by atoms with Gasteiger partial charge in [0.25, 0.3) is 6.71 Å². The van der Waals surface area contributed by atoms with Gasteiger partial charge in [0.2, 0.25) is 0 Å². The van der Waals surface area contributed by atoms with Crippen LogP contribution >= 0.6 is 11.3 Å². The molecule has 2 nitrogen and oxygen atoms in total. The Hall–Kier alpha value is -3.76. The first-order valence-electron chi connectivity index (χ1n) is 14.9. The molecule has 2 aliphatic heterocycles. The number of anilines is 6. The summed E-state index contributed by atoms with van der Waals surface area (Å²) in [5, 5.41) is 0. The van der Waals surface area contributed by atoms with Crippen molar-refractivity contribution in [3.05, 3.63) is 113 Å².